The zero-order chi connectivity index (χ0) is 5.70. The van der Waals surface area contributed by atoms with Gasteiger partial charge in [-0.15, -0.1) is 0 Å². The monoisotopic (exact) mass is 127 g/mol. The van der Waals surface area contributed by atoms with Gasteiger partial charge >= 0.3 is 35.5 Å². The van der Waals surface area contributed by atoms with E-state index < -0.39 is 5.97 Å². The van der Waals surface area contributed by atoms with Gasteiger partial charge < -0.3 is 4.84 Å². The van der Waals surface area contributed by atoms with Gasteiger partial charge in [-0.1, -0.05) is 0 Å². The van der Waals surface area contributed by atoms with Crippen LogP contribution < -0.4 is 5.48 Å². The molecule has 0 saturated carbocycles. The first-order valence-corrected chi connectivity index (χ1v) is 1.64. The van der Waals surface area contributed by atoms with Crippen molar-refractivity contribution in [1.29, 1.82) is 0 Å². The van der Waals surface area contributed by atoms with Crippen molar-refractivity contribution in [2.75, 3.05) is 0 Å². The van der Waals surface area contributed by atoms with E-state index in [1.807, 2.05) is 0 Å². The van der Waals surface area contributed by atoms with Crippen LogP contribution in [0.3, 0.4) is 0 Å². The average molecular weight is 127 g/mol. The molecule has 1 N–H and O–H groups in total. The molecule has 0 aromatic heterocycles. The van der Waals surface area contributed by atoms with Crippen molar-refractivity contribution in [3.8, 4) is 0 Å². The fourth-order valence-electron chi connectivity index (χ4n) is 0.107. The molecule has 0 bridgehead atoms. The van der Waals surface area contributed by atoms with Crippen LogP contribution in [0.4, 0.5) is 0 Å². The topological polar surface area (TPSA) is 55.4 Å². The summed E-state index contributed by atoms with van der Waals surface area (Å²) in [5.41, 5.74) is 1.72. The molecule has 0 aliphatic carbocycles. The van der Waals surface area contributed by atoms with Crippen molar-refractivity contribution in [2.45, 2.75) is 6.92 Å². The predicted molar refractivity (Wildman–Crippen MR) is 28.1 cm³/mol. The van der Waals surface area contributed by atoms with Crippen molar-refractivity contribution in [2.24, 2.45) is 0 Å². The number of carbonyl (C=O) groups excluding carboxylic acids is 2. The Kier molecular flexibility index (Phi) is 9.40. The van der Waals surface area contributed by atoms with Crippen molar-refractivity contribution in [3.63, 3.8) is 0 Å². The van der Waals surface area contributed by atoms with Crippen LogP contribution >= 0.6 is 0 Å². The zero-order valence-corrected chi connectivity index (χ0v) is 3.80. The number of hydrogen-bond acceptors (Lipinski definition) is 3. The van der Waals surface area contributed by atoms with Crippen molar-refractivity contribution >= 4 is 41.9 Å². The van der Waals surface area contributed by atoms with E-state index in [1.54, 1.807) is 5.48 Å². The molecule has 0 radical (unpaired) electrons. The second-order valence-corrected chi connectivity index (χ2v) is 0.829. The second-order valence-electron chi connectivity index (χ2n) is 0.829. The van der Waals surface area contributed by atoms with Gasteiger partial charge in [-0.3, -0.25) is 9.59 Å². The maximum atomic E-state index is 9.76. The molecule has 0 aliphatic heterocycles. The molecule has 1 amide bonds. The molecule has 42 valence electrons. The Bertz CT molecular complexity index is 84.6. The molecule has 0 aromatic rings. The molecular weight excluding hydrogens is 121 g/mol. The number of hydroxylamine groups is 1. The standard InChI is InChI=1S/C3H5NO3.Na.H/c1-3(6)7-4-2-5;;/h2H,1H3,(H,4,5);;. The predicted octanol–water partition coefficient (Wildman–Crippen LogP) is -1.44. The van der Waals surface area contributed by atoms with E-state index in [9.17, 15) is 9.59 Å². The van der Waals surface area contributed by atoms with Gasteiger partial charge in [0, 0.05) is 6.92 Å². The number of amides is 1. The first-order chi connectivity index (χ1) is 3.27. The SMILES string of the molecule is CC(=O)ONC=O.[NaH]. The van der Waals surface area contributed by atoms with E-state index in [2.05, 4.69) is 4.84 Å². The third-order valence-electron chi connectivity index (χ3n) is 0.251. The summed E-state index contributed by atoms with van der Waals surface area (Å²) in [6, 6.07) is 0. The maximum absolute atomic E-state index is 9.76. The second kappa shape index (κ2) is 6.94. The van der Waals surface area contributed by atoms with Gasteiger partial charge in [0.2, 0.25) is 6.41 Å². The molecular formula is C3H6NNaO3. The fourth-order valence-corrected chi connectivity index (χ4v) is 0.107. The van der Waals surface area contributed by atoms with Crippen LogP contribution in [-0.4, -0.2) is 41.9 Å². The molecule has 0 saturated heterocycles. The van der Waals surface area contributed by atoms with Gasteiger partial charge in [0.15, 0.2) is 0 Å². The Morgan fingerprint density at radius 1 is 1.75 bits per heavy atom. The fraction of sp³-hybridized carbons (Fsp3) is 0.333. The Hall–Kier alpha value is -0.0600. The number of hydrogen-bond donors (Lipinski definition) is 1. The van der Waals surface area contributed by atoms with Crippen LogP contribution in [0.5, 0.6) is 0 Å². The number of rotatable bonds is 2. The van der Waals surface area contributed by atoms with E-state index in [1.165, 1.54) is 6.92 Å². The summed E-state index contributed by atoms with van der Waals surface area (Å²) >= 11 is 0. The first kappa shape index (κ1) is 10.8. The van der Waals surface area contributed by atoms with Crippen LogP contribution in [0.25, 0.3) is 0 Å². The quantitative estimate of drug-likeness (QED) is 0.281. The van der Waals surface area contributed by atoms with Gasteiger partial charge in [0.1, 0.15) is 0 Å². The van der Waals surface area contributed by atoms with Gasteiger partial charge in [-0.25, -0.2) is 0 Å². The van der Waals surface area contributed by atoms with E-state index in [0.29, 0.717) is 0 Å². The molecule has 0 fully saturated rings. The van der Waals surface area contributed by atoms with Crippen LogP contribution in [0, 0.1) is 0 Å². The molecule has 0 aromatic carbocycles. The Labute approximate surface area is 68.8 Å². The van der Waals surface area contributed by atoms with Crippen LogP contribution in [0.2, 0.25) is 0 Å². The van der Waals surface area contributed by atoms with Gasteiger partial charge in [-0.05, 0) is 0 Å². The van der Waals surface area contributed by atoms with Crippen molar-refractivity contribution in [1.82, 2.24) is 5.48 Å². The molecule has 0 unspecified atom stereocenters. The molecule has 5 heteroatoms. The molecule has 0 atom stereocenters. The summed E-state index contributed by atoms with van der Waals surface area (Å²) in [4.78, 5) is 23.0. The molecule has 8 heavy (non-hydrogen) atoms. The Morgan fingerprint density at radius 3 is 2.38 bits per heavy atom. The third-order valence-corrected chi connectivity index (χ3v) is 0.251. The van der Waals surface area contributed by atoms with Gasteiger partial charge in [0.05, 0.1) is 0 Å². The molecule has 0 heterocycles. The normalized spacial score (nSPS) is 6.12. The summed E-state index contributed by atoms with van der Waals surface area (Å²) in [5.74, 6) is -0.535. The summed E-state index contributed by atoms with van der Waals surface area (Å²) in [7, 11) is 0. The third kappa shape index (κ3) is 9.34. The van der Waals surface area contributed by atoms with E-state index in [0.717, 1.165) is 0 Å². The number of carbonyl (C=O) groups is 2. The molecule has 0 rings (SSSR count). The molecule has 0 spiro atoms. The van der Waals surface area contributed by atoms with Crippen LogP contribution in [0.1, 0.15) is 6.92 Å². The van der Waals surface area contributed by atoms with Gasteiger partial charge in [-0.2, -0.15) is 5.48 Å². The van der Waals surface area contributed by atoms with Gasteiger partial charge in [0.25, 0.3) is 0 Å². The molecule has 4 nitrogen and oxygen atoms in total. The average Bonchev–Trinajstić information content (AvgIpc) is 1.61. The zero-order valence-electron chi connectivity index (χ0n) is 3.80. The number of nitrogens with one attached hydrogen (secondary N) is 1. The first-order valence-electron chi connectivity index (χ1n) is 1.64. The summed E-state index contributed by atoms with van der Waals surface area (Å²) in [5, 5.41) is 0. The van der Waals surface area contributed by atoms with E-state index in [4.69, 9.17) is 0 Å². The van der Waals surface area contributed by atoms with E-state index in [-0.39, 0.29) is 36.0 Å². The summed E-state index contributed by atoms with van der Waals surface area (Å²) < 4.78 is 0. The summed E-state index contributed by atoms with van der Waals surface area (Å²) in [6.07, 6.45) is 0.279. The summed E-state index contributed by atoms with van der Waals surface area (Å²) in [6.45, 7) is 1.19. The van der Waals surface area contributed by atoms with Crippen molar-refractivity contribution in [3.05, 3.63) is 0 Å². The van der Waals surface area contributed by atoms with Crippen LogP contribution in [-0.2, 0) is 14.4 Å². The van der Waals surface area contributed by atoms with Crippen LogP contribution in [0.15, 0.2) is 0 Å². The van der Waals surface area contributed by atoms with E-state index >= 15 is 0 Å². The minimum atomic E-state index is -0.535. The Balaban J connectivity index is 0. The minimum absolute atomic E-state index is 0. The Morgan fingerprint density at radius 2 is 2.25 bits per heavy atom. The van der Waals surface area contributed by atoms with Crippen molar-refractivity contribution < 1.29 is 14.4 Å². The molecule has 0 aliphatic rings.